The molecule has 0 unspecified atom stereocenters. The first-order valence-electron chi connectivity index (χ1n) is 9.42. The quantitative estimate of drug-likeness (QED) is 0.763. The van der Waals surface area contributed by atoms with Gasteiger partial charge in [0.2, 0.25) is 0 Å². The molecule has 0 bridgehead atoms. The lowest BCUT2D eigenvalue weighted by Crippen LogP contribution is -2.72. The number of carboxylic acid groups (broad SMARTS) is 1. The van der Waals surface area contributed by atoms with Crippen molar-refractivity contribution in [3.63, 3.8) is 0 Å². The summed E-state index contributed by atoms with van der Waals surface area (Å²) >= 11 is 1.57. The predicted octanol–water partition coefficient (Wildman–Crippen LogP) is 2.59. The number of nitrogens with zero attached hydrogens (tertiary/aromatic N) is 1. The molecule has 2 aromatic rings. The first-order chi connectivity index (χ1) is 14.1. The molecule has 29 heavy (non-hydrogen) atoms. The molecular formula is C22H18N2O4S. The molecule has 7 heteroatoms. The summed E-state index contributed by atoms with van der Waals surface area (Å²) in [7, 11) is 0. The normalized spacial score (nSPS) is 27.3. The molecule has 2 N–H and O–H groups in total. The van der Waals surface area contributed by atoms with Gasteiger partial charge in [0.25, 0.3) is 11.8 Å². The third-order valence-electron chi connectivity index (χ3n) is 5.78. The molecule has 1 saturated carbocycles. The lowest BCUT2D eigenvalue weighted by Gasteiger charge is -2.56. The number of carbonyl (C=O) groups excluding carboxylic acids is 2. The monoisotopic (exact) mass is 406 g/mol. The van der Waals surface area contributed by atoms with E-state index in [2.05, 4.69) is 17.4 Å². The molecule has 2 aliphatic heterocycles. The third-order valence-corrected chi connectivity index (χ3v) is 7.44. The van der Waals surface area contributed by atoms with Gasteiger partial charge in [0.15, 0.2) is 0 Å². The van der Waals surface area contributed by atoms with Crippen LogP contribution in [-0.4, -0.2) is 44.5 Å². The number of benzene rings is 2. The molecule has 3 aliphatic rings. The van der Waals surface area contributed by atoms with E-state index in [4.69, 9.17) is 0 Å². The number of aliphatic carboxylic acids is 1. The molecule has 0 radical (unpaired) electrons. The van der Waals surface area contributed by atoms with Crippen molar-refractivity contribution in [2.24, 2.45) is 0 Å². The number of β-lactam (4-membered cyclic amide) rings is 1. The summed E-state index contributed by atoms with van der Waals surface area (Å²) in [4.78, 5) is 38.5. The van der Waals surface area contributed by atoms with Crippen molar-refractivity contribution in [2.75, 3.05) is 0 Å². The summed E-state index contributed by atoms with van der Waals surface area (Å²) in [5.74, 6) is -1.56. The Morgan fingerprint density at radius 1 is 1.03 bits per heavy atom. The van der Waals surface area contributed by atoms with E-state index in [-0.39, 0.29) is 28.7 Å². The summed E-state index contributed by atoms with van der Waals surface area (Å²) in [6.45, 7) is 0. The second-order valence-electron chi connectivity index (χ2n) is 7.37. The molecule has 5 rings (SSSR count). The minimum Gasteiger partial charge on any atom is -0.477 e. The number of fused-ring (bicyclic) bond motifs is 2. The van der Waals surface area contributed by atoms with Crippen molar-refractivity contribution in [1.29, 1.82) is 0 Å². The second-order valence-corrected chi connectivity index (χ2v) is 8.64. The molecule has 1 aliphatic carbocycles. The summed E-state index contributed by atoms with van der Waals surface area (Å²) in [5.41, 5.74) is 2.55. The Morgan fingerprint density at radius 2 is 1.69 bits per heavy atom. The number of hydrogen-bond donors (Lipinski definition) is 2. The van der Waals surface area contributed by atoms with Crippen LogP contribution < -0.4 is 5.32 Å². The fraction of sp³-hybridized carbons (Fsp3) is 0.227. The van der Waals surface area contributed by atoms with Crippen LogP contribution in [0.3, 0.4) is 0 Å². The van der Waals surface area contributed by atoms with Crippen molar-refractivity contribution in [3.05, 3.63) is 83.1 Å². The molecule has 2 fully saturated rings. The van der Waals surface area contributed by atoms with Gasteiger partial charge in [0.05, 0.1) is 0 Å². The highest BCUT2D eigenvalue weighted by Gasteiger charge is 2.59. The Bertz CT molecular complexity index is 1040. The fourth-order valence-electron chi connectivity index (χ4n) is 4.28. The van der Waals surface area contributed by atoms with Crippen LogP contribution >= 0.6 is 11.8 Å². The number of amides is 2. The van der Waals surface area contributed by atoms with Crippen LogP contribution in [0.4, 0.5) is 0 Å². The maximum atomic E-state index is 12.7. The van der Waals surface area contributed by atoms with E-state index < -0.39 is 17.4 Å². The van der Waals surface area contributed by atoms with E-state index >= 15 is 0 Å². The van der Waals surface area contributed by atoms with Gasteiger partial charge in [-0.25, -0.2) is 4.79 Å². The maximum Gasteiger partial charge on any atom is 0.352 e. The first kappa shape index (κ1) is 18.0. The fourth-order valence-corrected chi connectivity index (χ4v) is 6.07. The Kier molecular flexibility index (Phi) is 4.20. The summed E-state index contributed by atoms with van der Waals surface area (Å²) in [6.07, 6.45) is 0.640. The average Bonchev–Trinajstić information content (AvgIpc) is 2.73. The van der Waals surface area contributed by atoms with Crippen LogP contribution in [0.2, 0.25) is 0 Å². The molecule has 2 heterocycles. The van der Waals surface area contributed by atoms with Crippen molar-refractivity contribution in [1.82, 2.24) is 10.2 Å². The van der Waals surface area contributed by atoms with Crippen molar-refractivity contribution in [3.8, 4) is 0 Å². The number of hydrogen-bond acceptors (Lipinski definition) is 4. The van der Waals surface area contributed by atoms with E-state index in [1.165, 1.54) is 10.5 Å². The van der Waals surface area contributed by atoms with Crippen LogP contribution in [0.1, 0.15) is 28.3 Å². The SMILES string of the molecule is O=C(O)C1=C2C[C@H](c3ccccc3)[C@@H]2S[C@@H]2[C@H](NC(=O)c3ccccc3)C(=O)N12. The molecule has 1 saturated heterocycles. The molecular weight excluding hydrogens is 388 g/mol. The number of nitrogens with one attached hydrogen (secondary N) is 1. The number of thioether (sulfide) groups is 1. The van der Waals surface area contributed by atoms with Gasteiger partial charge in [-0.3, -0.25) is 14.5 Å². The predicted molar refractivity (Wildman–Crippen MR) is 108 cm³/mol. The zero-order valence-corrected chi connectivity index (χ0v) is 16.1. The van der Waals surface area contributed by atoms with E-state index in [1.54, 1.807) is 36.0 Å². The number of rotatable bonds is 4. The van der Waals surface area contributed by atoms with Crippen LogP contribution in [0.5, 0.6) is 0 Å². The highest BCUT2D eigenvalue weighted by Crippen LogP contribution is 2.57. The Labute approximate surface area is 171 Å². The zero-order valence-electron chi connectivity index (χ0n) is 15.3. The summed E-state index contributed by atoms with van der Waals surface area (Å²) < 4.78 is 0. The van der Waals surface area contributed by atoms with Gasteiger partial charge in [0, 0.05) is 16.7 Å². The second kappa shape index (κ2) is 6.77. The van der Waals surface area contributed by atoms with Crippen LogP contribution in [0, 0.1) is 0 Å². The third kappa shape index (κ3) is 2.76. The maximum absolute atomic E-state index is 12.7. The standard InChI is InChI=1S/C22H18N2O4S/c25-19(13-9-5-2-6-10-13)23-16-20(26)24-17(22(27)28)15-11-14(18(15)29-21(16)24)12-7-3-1-4-8-12/h1-10,14,16,18,21H,11H2,(H,23,25)(H,27,28)/t14-,16-,18+,21-/m1/s1. The smallest absolute Gasteiger partial charge is 0.352 e. The van der Waals surface area contributed by atoms with Gasteiger partial charge in [0.1, 0.15) is 17.1 Å². The molecule has 146 valence electrons. The largest absolute Gasteiger partial charge is 0.477 e. The van der Waals surface area contributed by atoms with E-state index in [9.17, 15) is 19.5 Å². The van der Waals surface area contributed by atoms with Crippen molar-refractivity contribution < 1.29 is 19.5 Å². The summed E-state index contributed by atoms with van der Waals surface area (Å²) in [5, 5.41) is 12.2. The van der Waals surface area contributed by atoms with Gasteiger partial charge >= 0.3 is 5.97 Å². The van der Waals surface area contributed by atoms with E-state index in [0.29, 0.717) is 12.0 Å². The van der Waals surface area contributed by atoms with Gasteiger partial charge < -0.3 is 10.4 Å². The first-order valence-corrected chi connectivity index (χ1v) is 10.4. The van der Waals surface area contributed by atoms with Crippen LogP contribution in [0.15, 0.2) is 71.9 Å². The highest BCUT2D eigenvalue weighted by atomic mass is 32.2. The van der Waals surface area contributed by atoms with Gasteiger partial charge in [-0.1, -0.05) is 48.5 Å². The van der Waals surface area contributed by atoms with Crippen molar-refractivity contribution in [2.45, 2.75) is 29.0 Å². The molecule has 0 aromatic heterocycles. The van der Waals surface area contributed by atoms with Gasteiger partial charge in [-0.05, 0) is 29.7 Å². The highest BCUT2D eigenvalue weighted by molar-refractivity contribution is 8.01. The molecule has 0 spiro atoms. The molecule has 2 amide bonds. The Hall–Kier alpha value is -3.06. The lowest BCUT2D eigenvalue weighted by molar-refractivity contribution is -0.149. The van der Waals surface area contributed by atoms with Crippen LogP contribution in [-0.2, 0) is 9.59 Å². The van der Waals surface area contributed by atoms with E-state index in [0.717, 1.165) is 5.57 Å². The van der Waals surface area contributed by atoms with Crippen molar-refractivity contribution >= 4 is 29.5 Å². The minimum absolute atomic E-state index is 0.00831. The molecule has 4 atom stereocenters. The lowest BCUT2D eigenvalue weighted by atomic mass is 9.73. The topological polar surface area (TPSA) is 86.7 Å². The average molecular weight is 406 g/mol. The Morgan fingerprint density at radius 3 is 2.34 bits per heavy atom. The number of carbonyl (C=O) groups is 3. The summed E-state index contributed by atoms with van der Waals surface area (Å²) in [6, 6.07) is 18.0. The van der Waals surface area contributed by atoms with E-state index in [1.807, 2.05) is 24.3 Å². The molecule has 6 nitrogen and oxygen atoms in total. The zero-order chi connectivity index (χ0) is 20.1. The number of carboxylic acids is 1. The van der Waals surface area contributed by atoms with Gasteiger partial charge in [-0.15, -0.1) is 11.8 Å². The minimum atomic E-state index is -1.08. The van der Waals surface area contributed by atoms with Gasteiger partial charge in [-0.2, -0.15) is 0 Å². The van der Waals surface area contributed by atoms with Crippen LogP contribution in [0.25, 0.3) is 0 Å². The Balaban J connectivity index is 1.41. The molecule has 2 aromatic carbocycles.